The van der Waals surface area contributed by atoms with E-state index < -0.39 is 0 Å². The summed E-state index contributed by atoms with van der Waals surface area (Å²) in [7, 11) is 0. The maximum Gasteiger partial charge on any atom is 0.320 e. The molecule has 0 bridgehead atoms. The van der Waals surface area contributed by atoms with Gasteiger partial charge in [-0.25, -0.2) is 4.79 Å². The first-order chi connectivity index (χ1) is 6.79. The summed E-state index contributed by atoms with van der Waals surface area (Å²) in [6.45, 7) is 4.99. The summed E-state index contributed by atoms with van der Waals surface area (Å²) in [6, 6.07) is 1.66. The first kappa shape index (κ1) is 8.53. The number of carbonyl (C=O) groups excluding carboxylic acids is 1. The van der Waals surface area contributed by atoms with Gasteiger partial charge >= 0.3 is 6.03 Å². The summed E-state index contributed by atoms with van der Waals surface area (Å²) in [4.78, 5) is 16.2. The second kappa shape index (κ2) is 2.86. The zero-order valence-electron chi connectivity index (χ0n) is 8.57. The molecule has 3 rings (SSSR count). The van der Waals surface area contributed by atoms with Gasteiger partial charge in [0.25, 0.3) is 0 Å². The summed E-state index contributed by atoms with van der Waals surface area (Å²) in [5, 5.41) is 3.37. The molecule has 0 aromatic rings. The number of fused-ring (bicyclic) bond motifs is 1. The zero-order chi connectivity index (χ0) is 9.71. The lowest BCUT2D eigenvalue weighted by Gasteiger charge is -2.30. The minimum Gasteiger partial charge on any atom is -0.317 e. The molecular weight excluding hydrogens is 178 g/mol. The third kappa shape index (κ3) is 1.06. The van der Waals surface area contributed by atoms with E-state index in [0.29, 0.717) is 18.1 Å². The van der Waals surface area contributed by atoms with Crippen molar-refractivity contribution < 1.29 is 4.79 Å². The van der Waals surface area contributed by atoms with Gasteiger partial charge in [0, 0.05) is 25.7 Å². The molecule has 3 aliphatic rings. The van der Waals surface area contributed by atoms with Crippen LogP contribution in [-0.2, 0) is 0 Å². The average molecular weight is 195 g/mol. The lowest BCUT2D eigenvalue weighted by Crippen LogP contribution is -2.51. The van der Waals surface area contributed by atoms with Crippen molar-refractivity contribution in [1.82, 2.24) is 15.1 Å². The molecule has 2 saturated heterocycles. The molecule has 0 spiro atoms. The second-order valence-electron chi connectivity index (χ2n) is 4.63. The standard InChI is InChI=1S/C10H17N3O/c1-7-9-6-11-4-5-12(9)10(14)13(7)8-2-3-8/h7-9,11H,2-6H2,1H3/t7-,9+/m0/s1. The van der Waals surface area contributed by atoms with Gasteiger partial charge in [0.2, 0.25) is 0 Å². The highest BCUT2D eigenvalue weighted by Crippen LogP contribution is 2.35. The Kier molecular flexibility index (Phi) is 1.74. The number of nitrogens with one attached hydrogen (secondary N) is 1. The Hall–Kier alpha value is -0.770. The highest BCUT2D eigenvalue weighted by molar-refractivity contribution is 5.78. The van der Waals surface area contributed by atoms with E-state index in [1.54, 1.807) is 0 Å². The molecule has 1 N–H and O–H groups in total. The monoisotopic (exact) mass is 195 g/mol. The van der Waals surface area contributed by atoms with E-state index in [1.165, 1.54) is 12.8 Å². The molecule has 3 fully saturated rings. The number of hydrogen-bond acceptors (Lipinski definition) is 2. The largest absolute Gasteiger partial charge is 0.320 e. The highest BCUT2D eigenvalue weighted by atomic mass is 16.2. The highest BCUT2D eigenvalue weighted by Gasteiger charge is 2.49. The van der Waals surface area contributed by atoms with E-state index in [1.807, 2.05) is 0 Å². The quantitative estimate of drug-likeness (QED) is 0.651. The fraction of sp³-hybridized carbons (Fsp3) is 0.900. The van der Waals surface area contributed by atoms with Gasteiger partial charge in [-0.1, -0.05) is 0 Å². The Labute approximate surface area is 84.2 Å². The van der Waals surface area contributed by atoms with Crippen molar-refractivity contribution >= 4 is 6.03 Å². The molecule has 4 nitrogen and oxygen atoms in total. The Morgan fingerprint density at radius 2 is 2.21 bits per heavy atom. The number of nitrogens with zero attached hydrogens (tertiary/aromatic N) is 2. The molecule has 2 heterocycles. The lowest BCUT2D eigenvalue weighted by atomic mass is 10.1. The van der Waals surface area contributed by atoms with E-state index in [-0.39, 0.29) is 6.03 Å². The van der Waals surface area contributed by atoms with Crippen molar-refractivity contribution in [2.24, 2.45) is 0 Å². The molecule has 2 atom stereocenters. The molecule has 4 heteroatoms. The second-order valence-corrected chi connectivity index (χ2v) is 4.63. The molecule has 0 aromatic heterocycles. The van der Waals surface area contributed by atoms with E-state index in [4.69, 9.17) is 0 Å². The first-order valence-corrected chi connectivity index (χ1v) is 5.58. The van der Waals surface area contributed by atoms with Gasteiger partial charge < -0.3 is 15.1 Å². The maximum atomic E-state index is 12.1. The number of amides is 2. The van der Waals surface area contributed by atoms with Crippen molar-refractivity contribution in [2.75, 3.05) is 19.6 Å². The van der Waals surface area contributed by atoms with Crippen molar-refractivity contribution in [3.05, 3.63) is 0 Å². The Morgan fingerprint density at radius 1 is 1.43 bits per heavy atom. The number of carbonyl (C=O) groups is 1. The van der Waals surface area contributed by atoms with Crippen LogP contribution in [0.1, 0.15) is 19.8 Å². The maximum absolute atomic E-state index is 12.1. The topological polar surface area (TPSA) is 35.6 Å². The molecular formula is C10H17N3O. The Morgan fingerprint density at radius 3 is 2.86 bits per heavy atom. The molecule has 0 radical (unpaired) electrons. The third-order valence-electron chi connectivity index (χ3n) is 3.69. The molecule has 1 aliphatic carbocycles. The molecule has 2 aliphatic heterocycles. The summed E-state index contributed by atoms with van der Waals surface area (Å²) in [5.74, 6) is 0. The minimum absolute atomic E-state index is 0.284. The lowest BCUT2D eigenvalue weighted by molar-refractivity contribution is 0.178. The number of urea groups is 1. The Bertz CT molecular complexity index is 264. The fourth-order valence-electron chi connectivity index (χ4n) is 2.74. The van der Waals surface area contributed by atoms with Crippen LogP contribution < -0.4 is 5.32 Å². The van der Waals surface area contributed by atoms with Gasteiger partial charge in [0.05, 0.1) is 12.1 Å². The average Bonchev–Trinajstić information content (AvgIpc) is 2.99. The van der Waals surface area contributed by atoms with Gasteiger partial charge in [-0.2, -0.15) is 0 Å². The van der Waals surface area contributed by atoms with Crippen molar-refractivity contribution in [1.29, 1.82) is 0 Å². The molecule has 14 heavy (non-hydrogen) atoms. The predicted octanol–water partition coefficient (Wildman–Crippen LogP) is 0.247. The van der Waals surface area contributed by atoms with Gasteiger partial charge in [0.15, 0.2) is 0 Å². The normalized spacial score (nSPS) is 37.6. The van der Waals surface area contributed by atoms with Crippen LogP contribution in [0.2, 0.25) is 0 Å². The molecule has 2 amide bonds. The number of piperazine rings is 1. The van der Waals surface area contributed by atoms with Crippen LogP contribution in [0.3, 0.4) is 0 Å². The molecule has 0 aromatic carbocycles. The van der Waals surface area contributed by atoms with Crippen molar-refractivity contribution in [3.8, 4) is 0 Å². The zero-order valence-corrected chi connectivity index (χ0v) is 8.57. The first-order valence-electron chi connectivity index (χ1n) is 5.58. The van der Waals surface area contributed by atoms with Crippen LogP contribution in [0.5, 0.6) is 0 Å². The van der Waals surface area contributed by atoms with Gasteiger partial charge in [-0.3, -0.25) is 0 Å². The van der Waals surface area contributed by atoms with Gasteiger partial charge in [0.1, 0.15) is 0 Å². The van der Waals surface area contributed by atoms with Crippen LogP contribution >= 0.6 is 0 Å². The summed E-state index contributed by atoms with van der Waals surface area (Å²) in [5.41, 5.74) is 0. The van der Waals surface area contributed by atoms with E-state index in [9.17, 15) is 4.79 Å². The minimum atomic E-state index is 0.284. The van der Waals surface area contributed by atoms with Crippen LogP contribution in [0.4, 0.5) is 4.79 Å². The number of hydrogen-bond donors (Lipinski definition) is 1. The Balaban J connectivity index is 1.84. The smallest absolute Gasteiger partial charge is 0.317 e. The van der Waals surface area contributed by atoms with Crippen LogP contribution in [-0.4, -0.2) is 53.6 Å². The summed E-state index contributed by atoms with van der Waals surface area (Å²) in [6.07, 6.45) is 2.42. The number of rotatable bonds is 1. The van der Waals surface area contributed by atoms with Crippen LogP contribution in [0, 0.1) is 0 Å². The van der Waals surface area contributed by atoms with Gasteiger partial charge in [-0.15, -0.1) is 0 Å². The van der Waals surface area contributed by atoms with E-state index >= 15 is 0 Å². The third-order valence-corrected chi connectivity index (χ3v) is 3.69. The van der Waals surface area contributed by atoms with E-state index in [0.717, 1.165) is 19.6 Å². The van der Waals surface area contributed by atoms with Crippen LogP contribution in [0.25, 0.3) is 0 Å². The molecule has 1 saturated carbocycles. The summed E-state index contributed by atoms with van der Waals surface area (Å²) < 4.78 is 0. The SMILES string of the molecule is C[C@H]1[C@H]2CNCCN2C(=O)N1C1CC1. The van der Waals surface area contributed by atoms with E-state index in [2.05, 4.69) is 22.0 Å². The van der Waals surface area contributed by atoms with Gasteiger partial charge in [-0.05, 0) is 19.8 Å². The molecule has 78 valence electrons. The van der Waals surface area contributed by atoms with Crippen molar-refractivity contribution in [2.45, 2.75) is 37.9 Å². The molecule has 0 unspecified atom stereocenters. The predicted molar refractivity (Wildman–Crippen MR) is 53.1 cm³/mol. The van der Waals surface area contributed by atoms with Crippen molar-refractivity contribution in [3.63, 3.8) is 0 Å². The fourth-order valence-corrected chi connectivity index (χ4v) is 2.74. The summed E-state index contributed by atoms with van der Waals surface area (Å²) >= 11 is 0. The van der Waals surface area contributed by atoms with Crippen LogP contribution in [0.15, 0.2) is 0 Å².